The van der Waals surface area contributed by atoms with E-state index < -0.39 is 9.84 Å². The van der Waals surface area contributed by atoms with Crippen LogP contribution >= 0.6 is 0 Å². The molecule has 0 radical (unpaired) electrons. The molecule has 3 aromatic rings. The Morgan fingerprint density at radius 3 is 2.76 bits per heavy atom. The molecule has 33 heavy (non-hydrogen) atoms. The van der Waals surface area contributed by atoms with Crippen molar-refractivity contribution in [2.45, 2.75) is 37.1 Å². The summed E-state index contributed by atoms with van der Waals surface area (Å²) in [6, 6.07) is 10.2. The van der Waals surface area contributed by atoms with E-state index >= 15 is 0 Å². The Labute approximate surface area is 192 Å². The number of aromatic nitrogens is 3. The molecule has 1 aliphatic heterocycles. The van der Waals surface area contributed by atoms with Crippen LogP contribution in [0, 0.1) is 11.3 Å². The van der Waals surface area contributed by atoms with Crippen molar-refractivity contribution in [2.24, 2.45) is 5.73 Å². The van der Waals surface area contributed by atoms with Gasteiger partial charge in [0, 0.05) is 48.9 Å². The maximum absolute atomic E-state index is 12.1. The Bertz CT molecular complexity index is 1360. The van der Waals surface area contributed by atoms with Crippen molar-refractivity contribution in [1.82, 2.24) is 14.6 Å². The van der Waals surface area contributed by atoms with Gasteiger partial charge in [0.15, 0.2) is 15.5 Å². The second-order valence-corrected chi connectivity index (χ2v) is 11.0. The fourth-order valence-corrected chi connectivity index (χ4v) is 4.97. The van der Waals surface area contributed by atoms with Crippen LogP contribution in [0.1, 0.15) is 30.4 Å². The molecule has 1 aromatic carbocycles. The van der Waals surface area contributed by atoms with Gasteiger partial charge in [-0.15, -0.1) is 0 Å². The first-order valence-corrected chi connectivity index (χ1v) is 13.0. The first-order valence-electron chi connectivity index (χ1n) is 10.9. The van der Waals surface area contributed by atoms with Gasteiger partial charge in [-0.25, -0.2) is 13.4 Å². The average molecular weight is 467 g/mol. The summed E-state index contributed by atoms with van der Waals surface area (Å²) in [7, 11) is -3.23. The number of hydrogen-bond donors (Lipinski definition) is 3. The molecule has 0 spiro atoms. The summed E-state index contributed by atoms with van der Waals surface area (Å²) >= 11 is 0. The maximum Gasteiger partial charge on any atom is 0.177 e. The second-order valence-electron chi connectivity index (χ2n) is 8.88. The zero-order chi connectivity index (χ0) is 23.2. The molecule has 0 amide bonds. The monoisotopic (exact) mass is 466 g/mol. The van der Waals surface area contributed by atoms with Gasteiger partial charge in [-0.1, -0.05) is 0 Å². The van der Waals surface area contributed by atoms with E-state index in [-0.39, 0.29) is 11.8 Å². The summed E-state index contributed by atoms with van der Waals surface area (Å²) in [6.45, 7) is 1.51. The van der Waals surface area contributed by atoms with Crippen LogP contribution in [0.25, 0.3) is 5.65 Å². The molecule has 1 aliphatic carbocycles. The molecule has 2 aliphatic rings. The normalized spacial score (nSPS) is 18.5. The Morgan fingerprint density at radius 1 is 1.27 bits per heavy atom. The molecular formula is C22H26N8O2S. The van der Waals surface area contributed by atoms with Gasteiger partial charge in [-0.05, 0) is 43.0 Å². The van der Waals surface area contributed by atoms with E-state index in [2.05, 4.69) is 31.7 Å². The average Bonchev–Trinajstić information content (AvgIpc) is 3.29. The van der Waals surface area contributed by atoms with Crippen LogP contribution in [0.5, 0.6) is 0 Å². The van der Waals surface area contributed by atoms with Crippen molar-refractivity contribution >= 4 is 38.5 Å². The third kappa shape index (κ3) is 4.72. The summed E-state index contributed by atoms with van der Waals surface area (Å²) in [5, 5.41) is 20.4. The van der Waals surface area contributed by atoms with E-state index in [9.17, 15) is 13.7 Å². The van der Waals surface area contributed by atoms with Crippen LogP contribution in [-0.4, -0.2) is 54.4 Å². The van der Waals surface area contributed by atoms with Crippen LogP contribution in [0.2, 0.25) is 0 Å². The van der Waals surface area contributed by atoms with Crippen molar-refractivity contribution in [3.05, 3.63) is 41.6 Å². The molecule has 4 N–H and O–H groups in total. The molecule has 5 rings (SSSR count). The number of hydrogen-bond acceptors (Lipinski definition) is 9. The molecule has 2 aromatic heterocycles. The fraction of sp³-hybridized carbons (Fsp3) is 0.409. The van der Waals surface area contributed by atoms with Crippen molar-refractivity contribution < 1.29 is 8.42 Å². The summed E-state index contributed by atoms with van der Waals surface area (Å²) in [5.74, 6) is 1.24. The Balaban J connectivity index is 1.50. The summed E-state index contributed by atoms with van der Waals surface area (Å²) in [6.07, 6.45) is 5.81. The topological polar surface area (TPSA) is 141 Å². The minimum Gasteiger partial charge on any atom is -0.370 e. The second kappa shape index (κ2) is 8.20. The highest BCUT2D eigenvalue weighted by atomic mass is 32.2. The molecule has 172 valence electrons. The van der Waals surface area contributed by atoms with Gasteiger partial charge < -0.3 is 21.3 Å². The smallest absolute Gasteiger partial charge is 0.177 e. The highest BCUT2D eigenvalue weighted by Gasteiger charge is 2.24. The van der Waals surface area contributed by atoms with E-state index in [1.54, 1.807) is 4.52 Å². The first kappa shape index (κ1) is 21.5. The molecule has 1 atom stereocenters. The molecule has 0 bridgehead atoms. The molecule has 1 saturated heterocycles. The van der Waals surface area contributed by atoms with Crippen molar-refractivity contribution in [3.63, 3.8) is 0 Å². The standard InChI is InChI=1S/C22H26N8O2S/c1-33(31,32)13-14-8-18(4-5-19(14)29-7-6-16(24)12-29)26-20-9-21(27-17-2-3-17)30-22(28-20)15(10-23)11-25-30/h4-5,8-9,11,16-17,27H,2-3,6-7,12-13,24H2,1H3,(H,26,28)/t16-/m0/s1. The number of fused-ring (bicyclic) bond motifs is 1. The number of nitrogens with two attached hydrogens (primary N) is 1. The van der Waals surface area contributed by atoms with Gasteiger partial charge in [0.1, 0.15) is 23.3 Å². The Morgan fingerprint density at radius 2 is 2.09 bits per heavy atom. The van der Waals surface area contributed by atoms with E-state index in [0.717, 1.165) is 42.9 Å². The van der Waals surface area contributed by atoms with Crippen LogP contribution in [0.3, 0.4) is 0 Å². The van der Waals surface area contributed by atoms with Crippen molar-refractivity contribution in [2.75, 3.05) is 34.9 Å². The highest BCUT2D eigenvalue weighted by Crippen LogP contribution is 2.31. The number of benzene rings is 1. The Hall–Kier alpha value is -3.36. The third-order valence-corrected chi connectivity index (χ3v) is 6.69. The van der Waals surface area contributed by atoms with Crippen molar-refractivity contribution in [1.29, 1.82) is 5.26 Å². The lowest BCUT2D eigenvalue weighted by atomic mass is 10.1. The predicted molar refractivity (Wildman–Crippen MR) is 127 cm³/mol. The molecule has 0 unspecified atom stereocenters. The summed E-state index contributed by atoms with van der Waals surface area (Å²) in [4.78, 5) is 6.73. The zero-order valence-electron chi connectivity index (χ0n) is 18.3. The number of nitrogens with one attached hydrogen (secondary N) is 2. The molecule has 1 saturated carbocycles. The first-order chi connectivity index (χ1) is 15.8. The SMILES string of the molecule is CS(=O)(=O)Cc1cc(Nc2cc(NC3CC3)n3ncc(C#N)c3n2)ccc1N1CC[C@H](N)C1. The largest absolute Gasteiger partial charge is 0.370 e. The van der Waals surface area contributed by atoms with Crippen LogP contribution in [0.15, 0.2) is 30.5 Å². The quantitative estimate of drug-likeness (QED) is 0.476. The zero-order valence-corrected chi connectivity index (χ0v) is 19.1. The number of anilines is 4. The van der Waals surface area contributed by atoms with E-state index in [0.29, 0.717) is 35.3 Å². The van der Waals surface area contributed by atoms with E-state index in [4.69, 9.17) is 5.73 Å². The Kier molecular flexibility index (Phi) is 5.34. The van der Waals surface area contributed by atoms with Crippen LogP contribution in [0.4, 0.5) is 23.0 Å². The molecule has 10 nitrogen and oxygen atoms in total. The van der Waals surface area contributed by atoms with Gasteiger partial charge in [-0.3, -0.25) is 0 Å². The summed E-state index contributed by atoms with van der Waals surface area (Å²) in [5.41, 5.74) is 9.24. The van der Waals surface area contributed by atoms with Gasteiger partial charge in [0.05, 0.1) is 11.9 Å². The molecule has 11 heteroatoms. The van der Waals surface area contributed by atoms with Crippen LogP contribution < -0.4 is 21.3 Å². The van der Waals surface area contributed by atoms with Gasteiger partial charge >= 0.3 is 0 Å². The third-order valence-electron chi connectivity index (χ3n) is 5.86. The van der Waals surface area contributed by atoms with E-state index in [1.807, 2.05) is 24.3 Å². The number of sulfone groups is 1. The lowest BCUT2D eigenvalue weighted by Crippen LogP contribution is -2.27. The number of nitrogens with zero attached hydrogens (tertiary/aromatic N) is 5. The highest BCUT2D eigenvalue weighted by molar-refractivity contribution is 7.89. The lowest BCUT2D eigenvalue weighted by molar-refractivity contribution is 0.601. The maximum atomic E-state index is 12.1. The van der Waals surface area contributed by atoms with Gasteiger partial charge in [-0.2, -0.15) is 14.9 Å². The van der Waals surface area contributed by atoms with Gasteiger partial charge in [0.25, 0.3) is 0 Å². The summed E-state index contributed by atoms with van der Waals surface area (Å²) < 4.78 is 25.9. The van der Waals surface area contributed by atoms with Gasteiger partial charge in [0.2, 0.25) is 0 Å². The fourth-order valence-electron chi connectivity index (χ4n) is 4.17. The lowest BCUT2D eigenvalue weighted by Gasteiger charge is -2.22. The predicted octanol–water partition coefficient (Wildman–Crippen LogP) is 2.00. The molecule has 2 fully saturated rings. The number of nitriles is 1. The van der Waals surface area contributed by atoms with Crippen molar-refractivity contribution in [3.8, 4) is 6.07 Å². The number of rotatable bonds is 7. The molecular weight excluding hydrogens is 440 g/mol. The minimum atomic E-state index is -3.23. The minimum absolute atomic E-state index is 0.0637. The van der Waals surface area contributed by atoms with E-state index in [1.165, 1.54) is 12.5 Å². The molecule has 3 heterocycles. The van der Waals surface area contributed by atoms with Crippen LogP contribution in [-0.2, 0) is 15.6 Å².